The minimum atomic E-state index is -0.332. The number of hydrogen-bond acceptors (Lipinski definition) is 6. The van der Waals surface area contributed by atoms with Crippen molar-refractivity contribution in [3.63, 3.8) is 0 Å². The second kappa shape index (κ2) is 11.0. The number of aryl methyl sites for hydroxylation is 1. The van der Waals surface area contributed by atoms with Crippen LogP contribution < -0.4 is 10.6 Å². The molecular weight excluding hydrogens is 464 g/mol. The quantitative estimate of drug-likeness (QED) is 0.376. The summed E-state index contributed by atoms with van der Waals surface area (Å²) in [7, 11) is 0. The van der Waals surface area contributed by atoms with Crippen molar-refractivity contribution in [2.24, 2.45) is 0 Å². The monoisotopic (exact) mass is 492 g/mol. The average molecular weight is 493 g/mol. The van der Waals surface area contributed by atoms with Gasteiger partial charge in [0.15, 0.2) is 0 Å². The Kier molecular flexibility index (Phi) is 7.16. The van der Waals surface area contributed by atoms with E-state index in [2.05, 4.69) is 25.6 Å². The lowest BCUT2D eigenvalue weighted by atomic mass is 10.1. The van der Waals surface area contributed by atoms with Gasteiger partial charge in [0.2, 0.25) is 0 Å². The summed E-state index contributed by atoms with van der Waals surface area (Å²) in [4.78, 5) is 41.2. The van der Waals surface area contributed by atoms with Crippen molar-refractivity contribution in [1.82, 2.24) is 19.9 Å². The lowest BCUT2D eigenvalue weighted by molar-refractivity contribution is 0.0733. The van der Waals surface area contributed by atoms with Gasteiger partial charge in [-0.25, -0.2) is 9.97 Å². The molecule has 186 valence electrons. The van der Waals surface area contributed by atoms with Gasteiger partial charge in [0.05, 0.1) is 11.7 Å². The van der Waals surface area contributed by atoms with E-state index < -0.39 is 0 Å². The zero-order valence-electron chi connectivity index (χ0n) is 20.6. The number of carbonyl (C=O) groups is 2. The van der Waals surface area contributed by atoms with Gasteiger partial charge in [0.1, 0.15) is 11.5 Å². The Morgan fingerprint density at radius 2 is 1.92 bits per heavy atom. The van der Waals surface area contributed by atoms with Gasteiger partial charge in [-0.3, -0.25) is 14.6 Å². The maximum Gasteiger partial charge on any atom is 0.275 e. The SMILES string of the molecule is Cc1ccc(NC(=O)c2cccc([C@@H]3CCCN3C(=O)c3cccc(NCc4cccnc4)c3)n2)nc1. The molecule has 0 radical (unpaired) electrons. The molecular formula is C29H28N6O2. The van der Waals surface area contributed by atoms with Gasteiger partial charge in [-0.1, -0.05) is 24.3 Å². The molecule has 1 aliphatic rings. The number of nitrogens with zero attached hydrogens (tertiary/aromatic N) is 4. The number of amides is 2. The molecule has 3 aromatic heterocycles. The molecule has 2 amide bonds. The highest BCUT2D eigenvalue weighted by Gasteiger charge is 2.32. The summed E-state index contributed by atoms with van der Waals surface area (Å²) in [5.41, 5.74) is 4.56. The first kappa shape index (κ1) is 24.1. The normalized spacial score (nSPS) is 14.8. The Bertz CT molecular complexity index is 1390. The number of likely N-dealkylation sites (tertiary alicyclic amines) is 1. The molecule has 1 atom stereocenters. The molecule has 0 bridgehead atoms. The average Bonchev–Trinajstić information content (AvgIpc) is 3.44. The number of pyridine rings is 3. The van der Waals surface area contributed by atoms with Gasteiger partial charge in [-0.2, -0.15) is 0 Å². The number of anilines is 2. The Morgan fingerprint density at radius 1 is 1.03 bits per heavy atom. The molecule has 5 rings (SSSR count). The summed E-state index contributed by atoms with van der Waals surface area (Å²) in [6.45, 7) is 3.20. The third-order valence-electron chi connectivity index (χ3n) is 6.34. The van der Waals surface area contributed by atoms with Crippen molar-refractivity contribution in [3.8, 4) is 0 Å². The molecule has 4 heterocycles. The molecule has 1 aromatic carbocycles. The van der Waals surface area contributed by atoms with Crippen LogP contribution in [0.25, 0.3) is 0 Å². The van der Waals surface area contributed by atoms with E-state index in [1.54, 1.807) is 24.5 Å². The topological polar surface area (TPSA) is 100 Å². The van der Waals surface area contributed by atoms with E-state index in [9.17, 15) is 9.59 Å². The highest BCUT2D eigenvalue weighted by atomic mass is 16.2. The van der Waals surface area contributed by atoms with Gasteiger partial charge in [-0.15, -0.1) is 0 Å². The Labute approximate surface area is 215 Å². The van der Waals surface area contributed by atoms with E-state index in [1.807, 2.05) is 72.6 Å². The fourth-order valence-corrected chi connectivity index (χ4v) is 4.44. The third kappa shape index (κ3) is 5.81. The molecule has 1 fully saturated rings. The van der Waals surface area contributed by atoms with E-state index in [1.165, 1.54) is 0 Å². The number of aromatic nitrogens is 3. The first-order valence-electron chi connectivity index (χ1n) is 12.3. The lowest BCUT2D eigenvalue weighted by Gasteiger charge is -2.25. The van der Waals surface area contributed by atoms with E-state index >= 15 is 0 Å². The third-order valence-corrected chi connectivity index (χ3v) is 6.34. The van der Waals surface area contributed by atoms with Gasteiger partial charge in [0.25, 0.3) is 11.8 Å². The van der Waals surface area contributed by atoms with E-state index in [0.717, 1.165) is 29.7 Å². The van der Waals surface area contributed by atoms with Crippen LogP contribution in [0.2, 0.25) is 0 Å². The molecule has 1 saturated heterocycles. The van der Waals surface area contributed by atoms with Crippen molar-refractivity contribution in [1.29, 1.82) is 0 Å². The first-order valence-corrected chi connectivity index (χ1v) is 12.3. The molecule has 1 aliphatic heterocycles. The maximum absolute atomic E-state index is 13.5. The number of rotatable bonds is 7. The molecule has 2 N–H and O–H groups in total. The van der Waals surface area contributed by atoms with Crippen LogP contribution >= 0.6 is 0 Å². The van der Waals surface area contributed by atoms with E-state index in [0.29, 0.717) is 35.9 Å². The van der Waals surface area contributed by atoms with Crippen molar-refractivity contribution in [2.45, 2.75) is 32.4 Å². The van der Waals surface area contributed by atoms with E-state index in [4.69, 9.17) is 0 Å². The fourth-order valence-electron chi connectivity index (χ4n) is 4.44. The molecule has 0 unspecified atom stereocenters. The standard InChI is InChI=1S/C29H28N6O2/c1-20-12-13-27(32-17-20)34-28(36)25-10-3-9-24(33-25)26-11-5-15-35(26)29(37)22-7-2-8-23(16-22)31-19-21-6-4-14-30-18-21/h2-4,6-10,12-14,16-18,26,31H,5,11,15,19H2,1H3,(H,32,34,36)/t26-/m0/s1. The van der Waals surface area contributed by atoms with Crippen molar-refractivity contribution < 1.29 is 9.59 Å². The van der Waals surface area contributed by atoms with Crippen LogP contribution in [0.3, 0.4) is 0 Å². The zero-order valence-corrected chi connectivity index (χ0v) is 20.6. The van der Waals surface area contributed by atoms with Crippen LogP contribution in [0, 0.1) is 6.92 Å². The number of carbonyl (C=O) groups excluding carboxylic acids is 2. The zero-order chi connectivity index (χ0) is 25.6. The molecule has 8 nitrogen and oxygen atoms in total. The predicted molar refractivity (Wildman–Crippen MR) is 142 cm³/mol. The summed E-state index contributed by atoms with van der Waals surface area (Å²) in [6, 6.07) is 20.3. The minimum absolute atomic E-state index is 0.0481. The summed E-state index contributed by atoms with van der Waals surface area (Å²) in [5, 5.41) is 6.15. The number of nitrogens with one attached hydrogen (secondary N) is 2. The Morgan fingerprint density at radius 3 is 2.73 bits per heavy atom. The summed E-state index contributed by atoms with van der Waals surface area (Å²) in [5.74, 6) is 0.0898. The van der Waals surface area contributed by atoms with Gasteiger partial charge in [0, 0.05) is 42.9 Å². The molecule has 4 aromatic rings. The molecule has 0 spiro atoms. The largest absolute Gasteiger partial charge is 0.381 e. The van der Waals surface area contributed by atoms with Crippen LogP contribution in [0.5, 0.6) is 0 Å². The predicted octanol–water partition coefficient (Wildman–Crippen LogP) is 5.02. The van der Waals surface area contributed by atoms with Crippen molar-refractivity contribution in [3.05, 3.63) is 113 Å². The van der Waals surface area contributed by atoms with Crippen molar-refractivity contribution >= 4 is 23.3 Å². The molecule has 8 heteroatoms. The maximum atomic E-state index is 13.5. The highest BCUT2D eigenvalue weighted by Crippen LogP contribution is 2.32. The van der Waals surface area contributed by atoms with Crippen LogP contribution in [0.15, 0.2) is 85.3 Å². The van der Waals surface area contributed by atoms with Gasteiger partial charge >= 0.3 is 0 Å². The Balaban J connectivity index is 1.29. The smallest absolute Gasteiger partial charge is 0.275 e. The molecule has 37 heavy (non-hydrogen) atoms. The van der Waals surface area contributed by atoms with Gasteiger partial charge in [-0.05, 0) is 73.4 Å². The minimum Gasteiger partial charge on any atom is -0.381 e. The van der Waals surface area contributed by atoms with Crippen LogP contribution in [-0.2, 0) is 6.54 Å². The first-order chi connectivity index (χ1) is 18.1. The second-order valence-corrected chi connectivity index (χ2v) is 9.07. The van der Waals surface area contributed by atoms with Crippen molar-refractivity contribution in [2.75, 3.05) is 17.2 Å². The van der Waals surface area contributed by atoms with Crippen LogP contribution in [0.4, 0.5) is 11.5 Å². The van der Waals surface area contributed by atoms with Gasteiger partial charge < -0.3 is 15.5 Å². The fraction of sp³-hybridized carbons (Fsp3) is 0.207. The summed E-state index contributed by atoms with van der Waals surface area (Å²) >= 11 is 0. The lowest BCUT2D eigenvalue weighted by Crippen LogP contribution is -2.31. The molecule has 0 saturated carbocycles. The van der Waals surface area contributed by atoms with Crippen LogP contribution in [-0.4, -0.2) is 38.2 Å². The summed E-state index contributed by atoms with van der Waals surface area (Å²) < 4.78 is 0. The molecule has 0 aliphatic carbocycles. The van der Waals surface area contributed by atoms with E-state index in [-0.39, 0.29) is 17.9 Å². The van der Waals surface area contributed by atoms with Crippen LogP contribution in [0.1, 0.15) is 56.6 Å². The Hall–Kier alpha value is -4.59. The summed E-state index contributed by atoms with van der Waals surface area (Å²) in [6.07, 6.45) is 6.93. The number of hydrogen-bond donors (Lipinski definition) is 2. The number of benzene rings is 1. The highest BCUT2D eigenvalue weighted by molar-refractivity contribution is 6.02. The second-order valence-electron chi connectivity index (χ2n) is 9.07.